The third-order valence-electron chi connectivity index (χ3n) is 3.18. The standard InChI is InChI=1S/C15H11Cl2F4NO3.H2O/c16-9-5-22-6-10(17)8(9)4-11(23)7-1-2-12(24-14(18)19)13(3-7)25-15(20)21;/h1-3,5-6,11,14-15,23H,4H2;1H2. The van der Waals surface area contributed by atoms with Crippen molar-refractivity contribution in [1.82, 2.24) is 0 Å². The summed E-state index contributed by atoms with van der Waals surface area (Å²) in [6.07, 6.45) is 1.69. The highest BCUT2D eigenvalue weighted by atomic mass is 35.5. The number of rotatable bonds is 7. The second-order valence-electron chi connectivity index (χ2n) is 4.81. The minimum Gasteiger partial charge on any atom is -0.870 e. The molecule has 1 atom stereocenters. The summed E-state index contributed by atoms with van der Waals surface area (Å²) in [6.45, 7) is -6.46. The number of halogens is 6. The second-order valence-corrected chi connectivity index (χ2v) is 5.63. The lowest BCUT2D eigenvalue weighted by atomic mass is 10.0. The molecule has 0 bridgehead atoms. The number of hydrogen-bond acceptors (Lipinski definition) is 4. The summed E-state index contributed by atoms with van der Waals surface area (Å²) in [5.74, 6) is -1.19. The molecule has 0 aliphatic carbocycles. The number of H-pyrrole nitrogens is 1. The normalized spacial score (nSPS) is 12.0. The molecule has 0 saturated carbocycles. The van der Waals surface area contributed by atoms with E-state index in [0.717, 1.165) is 12.1 Å². The molecule has 0 fully saturated rings. The van der Waals surface area contributed by atoms with Gasteiger partial charge < -0.3 is 20.1 Å². The fourth-order valence-corrected chi connectivity index (χ4v) is 2.63. The average molecular weight is 418 g/mol. The van der Waals surface area contributed by atoms with Gasteiger partial charge in [0.15, 0.2) is 23.9 Å². The SMILES string of the molecule is OC(Cc1c(Cl)c[nH+]cc1Cl)c1ccc(OC(F)F)c(OC(F)F)c1.[OH-]. The van der Waals surface area contributed by atoms with E-state index in [9.17, 15) is 22.7 Å². The Balaban J connectivity index is 0.00000338. The molecule has 1 heterocycles. The van der Waals surface area contributed by atoms with Crippen LogP contribution < -0.4 is 14.5 Å². The number of aromatic nitrogens is 1. The van der Waals surface area contributed by atoms with Crippen LogP contribution in [0.15, 0.2) is 30.6 Å². The first-order chi connectivity index (χ1) is 11.8. The first kappa shape index (κ1) is 22.2. The molecule has 3 N–H and O–H groups in total. The van der Waals surface area contributed by atoms with Gasteiger partial charge in [-0.1, -0.05) is 29.3 Å². The molecule has 0 aliphatic heterocycles. The van der Waals surface area contributed by atoms with Gasteiger partial charge in [0, 0.05) is 12.0 Å². The molecule has 1 aromatic heterocycles. The first-order valence-electron chi connectivity index (χ1n) is 6.83. The molecular weight excluding hydrogens is 405 g/mol. The van der Waals surface area contributed by atoms with Gasteiger partial charge in [0.25, 0.3) is 0 Å². The Hall–Kier alpha value is -1.81. The van der Waals surface area contributed by atoms with Crippen LogP contribution in [0.5, 0.6) is 11.5 Å². The van der Waals surface area contributed by atoms with E-state index in [0.29, 0.717) is 5.56 Å². The highest BCUT2D eigenvalue weighted by Gasteiger charge is 2.20. The molecule has 0 amide bonds. The van der Waals surface area contributed by atoms with E-state index in [2.05, 4.69) is 14.5 Å². The Bertz CT molecular complexity index is 717. The van der Waals surface area contributed by atoms with Gasteiger partial charge in [-0.25, -0.2) is 4.98 Å². The van der Waals surface area contributed by atoms with E-state index in [1.165, 1.54) is 18.5 Å². The van der Waals surface area contributed by atoms with Crippen molar-refractivity contribution < 1.29 is 42.6 Å². The summed E-state index contributed by atoms with van der Waals surface area (Å²) in [4.78, 5) is 2.70. The minimum absolute atomic E-state index is 0. The molecule has 0 saturated heterocycles. The summed E-state index contributed by atoms with van der Waals surface area (Å²) in [7, 11) is 0. The van der Waals surface area contributed by atoms with Gasteiger partial charge in [-0.15, -0.1) is 0 Å². The van der Waals surface area contributed by atoms with Crippen LogP contribution in [0, 0.1) is 0 Å². The maximum absolute atomic E-state index is 12.5. The Labute approximate surface area is 155 Å². The average Bonchev–Trinajstić information content (AvgIpc) is 2.51. The molecule has 1 unspecified atom stereocenters. The Kier molecular flexibility index (Phi) is 8.35. The summed E-state index contributed by atoms with van der Waals surface area (Å²) in [5.41, 5.74) is 0.566. The first-order valence-corrected chi connectivity index (χ1v) is 7.59. The number of aliphatic hydroxyl groups excluding tert-OH is 1. The summed E-state index contributed by atoms with van der Waals surface area (Å²) in [6, 6.07) is 3.24. The maximum atomic E-state index is 12.5. The maximum Gasteiger partial charge on any atom is 0.387 e. The minimum atomic E-state index is -3.25. The van der Waals surface area contributed by atoms with Crippen molar-refractivity contribution in [3.63, 3.8) is 0 Å². The summed E-state index contributed by atoms with van der Waals surface area (Å²) >= 11 is 12.0. The second kappa shape index (κ2) is 9.77. The monoisotopic (exact) mass is 417 g/mol. The van der Waals surface area contributed by atoms with E-state index in [-0.39, 0.29) is 27.5 Å². The lowest BCUT2D eigenvalue weighted by Gasteiger charge is -2.16. The number of hydrogen-bond donors (Lipinski definition) is 1. The molecule has 2 rings (SSSR count). The summed E-state index contributed by atoms with van der Waals surface area (Å²) in [5, 5.41) is 10.8. The van der Waals surface area contributed by atoms with Gasteiger partial charge in [0.1, 0.15) is 10.0 Å². The quantitative estimate of drug-likeness (QED) is 0.687. The van der Waals surface area contributed by atoms with Gasteiger partial charge in [0.05, 0.1) is 6.10 Å². The van der Waals surface area contributed by atoms with Crippen LogP contribution in [0.4, 0.5) is 17.6 Å². The predicted molar refractivity (Wildman–Crippen MR) is 83.3 cm³/mol. The number of pyridine rings is 1. The zero-order valence-electron chi connectivity index (χ0n) is 12.8. The molecule has 2 aromatic rings. The molecule has 26 heavy (non-hydrogen) atoms. The van der Waals surface area contributed by atoms with Crippen LogP contribution in [0.1, 0.15) is 17.2 Å². The van der Waals surface area contributed by atoms with Crippen molar-refractivity contribution in [3.8, 4) is 11.5 Å². The van der Waals surface area contributed by atoms with Crippen molar-refractivity contribution in [2.24, 2.45) is 0 Å². The zero-order chi connectivity index (χ0) is 18.6. The zero-order valence-corrected chi connectivity index (χ0v) is 14.3. The van der Waals surface area contributed by atoms with Gasteiger partial charge in [-0.05, 0) is 17.7 Å². The van der Waals surface area contributed by atoms with E-state index in [1.54, 1.807) is 0 Å². The molecule has 144 valence electrons. The number of ether oxygens (including phenoxy) is 2. The van der Waals surface area contributed by atoms with Crippen LogP contribution in [0.25, 0.3) is 0 Å². The van der Waals surface area contributed by atoms with Crippen LogP contribution in [0.3, 0.4) is 0 Å². The number of aromatic amines is 1. The molecule has 0 aliphatic rings. The molecule has 5 nitrogen and oxygen atoms in total. The molecule has 11 heteroatoms. The van der Waals surface area contributed by atoms with E-state index in [1.807, 2.05) is 0 Å². The largest absolute Gasteiger partial charge is 0.870 e. The van der Waals surface area contributed by atoms with Crippen LogP contribution in [-0.2, 0) is 6.42 Å². The van der Waals surface area contributed by atoms with Crippen molar-refractivity contribution >= 4 is 23.2 Å². The molecule has 0 radical (unpaired) electrons. The highest BCUT2D eigenvalue weighted by Crippen LogP contribution is 2.35. The lowest BCUT2D eigenvalue weighted by molar-refractivity contribution is -0.377. The Morgan fingerprint density at radius 3 is 2.04 bits per heavy atom. The third kappa shape index (κ3) is 5.87. The Morgan fingerprint density at radius 2 is 1.50 bits per heavy atom. The number of nitrogens with one attached hydrogen (secondary N) is 1. The van der Waals surface area contributed by atoms with E-state index >= 15 is 0 Å². The van der Waals surface area contributed by atoms with Crippen LogP contribution in [-0.4, -0.2) is 23.8 Å². The van der Waals surface area contributed by atoms with Gasteiger partial charge in [-0.3, -0.25) is 0 Å². The van der Waals surface area contributed by atoms with Crippen molar-refractivity contribution in [2.45, 2.75) is 25.7 Å². The van der Waals surface area contributed by atoms with Gasteiger partial charge in [0.2, 0.25) is 0 Å². The van der Waals surface area contributed by atoms with Gasteiger partial charge >= 0.3 is 13.2 Å². The molecule has 0 spiro atoms. The fourth-order valence-electron chi connectivity index (χ4n) is 2.10. The lowest BCUT2D eigenvalue weighted by Crippen LogP contribution is -2.10. The smallest absolute Gasteiger partial charge is 0.387 e. The van der Waals surface area contributed by atoms with Crippen LogP contribution >= 0.6 is 23.2 Å². The number of alkyl halides is 4. The number of aliphatic hydroxyl groups is 1. The van der Waals surface area contributed by atoms with E-state index < -0.39 is 30.8 Å². The Morgan fingerprint density at radius 1 is 0.962 bits per heavy atom. The fraction of sp³-hybridized carbons (Fsp3) is 0.267. The van der Waals surface area contributed by atoms with Crippen molar-refractivity contribution in [1.29, 1.82) is 0 Å². The topological polar surface area (TPSA) is 82.8 Å². The summed E-state index contributed by atoms with van der Waals surface area (Å²) < 4.78 is 57.9. The molecule has 1 aromatic carbocycles. The van der Waals surface area contributed by atoms with Gasteiger partial charge in [-0.2, -0.15) is 17.6 Å². The third-order valence-corrected chi connectivity index (χ3v) is 3.85. The predicted octanol–water partition coefficient (Wildman–Crippen LogP) is 4.11. The highest BCUT2D eigenvalue weighted by molar-refractivity contribution is 6.35. The van der Waals surface area contributed by atoms with E-state index in [4.69, 9.17) is 23.2 Å². The van der Waals surface area contributed by atoms with Crippen molar-refractivity contribution in [3.05, 3.63) is 51.8 Å². The van der Waals surface area contributed by atoms with Crippen LogP contribution in [0.2, 0.25) is 10.0 Å². The number of benzene rings is 1. The van der Waals surface area contributed by atoms with Crippen molar-refractivity contribution in [2.75, 3.05) is 0 Å². The molecular formula is C15H13Cl2F4NO4.